The molecule has 0 radical (unpaired) electrons. The van der Waals surface area contributed by atoms with Crippen LogP contribution in [0, 0.1) is 0 Å². The molecule has 6 nitrogen and oxygen atoms in total. The van der Waals surface area contributed by atoms with E-state index in [4.69, 9.17) is 16.1 Å². The van der Waals surface area contributed by atoms with Crippen LogP contribution in [0.15, 0.2) is 57.9 Å². The molecule has 1 aliphatic heterocycles. The van der Waals surface area contributed by atoms with Gasteiger partial charge in [0.05, 0.1) is 11.3 Å². The van der Waals surface area contributed by atoms with Crippen LogP contribution in [-0.2, 0) is 21.1 Å². The third-order valence-electron chi connectivity index (χ3n) is 4.55. The van der Waals surface area contributed by atoms with Crippen LogP contribution >= 0.6 is 11.6 Å². The van der Waals surface area contributed by atoms with Gasteiger partial charge < -0.3 is 9.42 Å². The number of nitrogens with zero attached hydrogens (tertiary/aromatic N) is 2. The van der Waals surface area contributed by atoms with E-state index < -0.39 is 15.1 Å². The highest BCUT2D eigenvalue weighted by atomic mass is 35.5. The van der Waals surface area contributed by atoms with E-state index in [1.54, 1.807) is 18.2 Å². The molecule has 3 aromatic rings. The fourth-order valence-electron chi connectivity index (χ4n) is 2.98. The number of likely N-dealkylation sites (tertiary alicyclic amines) is 1. The van der Waals surface area contributed by atoms with E-state index in [1.165, 1.54) is 17.0 Å². The fourth-order valence-corrected chi connectivity index (χ4v) is 4.75. The zero-order valence-electron chi connectivity index (χ0n) is 13.6. The summed E-state index contributed by atoms with van der Waals surface area (Å²) in [6.45, 7) is 0.360. The lowest BCUT2D eigenvalue weighted by molar-refractivity contribution is -0.133. The van der Waals surface area contributed by atoms with Crippen molar-refractivity contribution in [1.82, 2.24) is 10.1 Å². The van der Waals surface area contributed by atoms with Crippen LogP contribution in [0.5, 0.6) is 0 Å². The molecule has 134 valence electrons. The van der Waals surface area contributed by atoms with Crippen LogP contribution in [0.25, 0.3) is 11.0 Å². The summed E-state index contributed by atoms with van der Waals surface area (Å²) < 4.78 is 30.4. The van der Waals surface area contributed by atoms with Gasteiger partial charge in [-0.1, -0.05) is 28.9 Å². The van der Waals surface area contributed by atoms with Crippen molar-refractivity contribution in [3.63, 3.8) is 0 Å². The SMILES string of the molecule is O=C(Cc1noc2ccccc12)N1CC(S(=O)(=O)c2ccc(Cl)cc2)C1. The van der Waals surface area contributed by atoms with Gasteiger partial charge in [-0.3, -0.25) is 4.79 Å². The zero-order valence-corrected chi connectivity index (χ0v) is 15.2. The second-order valence-corrected chi connectivity index (χ2v) is 8.89. The second-order valence-electron chi connectivity index (χ2n) is 6.22. The number of hydrogen-bond acceptors (Lipinski definition) is 5. The summed E-state index contributed by atoms with van der Waals surface area (Å²) in [7, 11) is -3.47. The van der Waals surface area contributed by atoms with E-state index in [-0.39, 0.29) is 30.3 Å². The first kappa shape index (κ1) is 17.1. The highest BCUT2D eigenvalue weighted by molar-refractivity contribution is 7.92. The summed E-state index contributed by atoms with van der Waals surface area (Å²) in [5.74, 6) is -0.161. The highest BCUT2D eigenvalue weighted by Gasteiger charge is 2.40. The Bertz CT molecular complexity index is 1070. The van der Waals surface area contributed by atoms with E-state index in [0.717, 1.165) is 5.39 Å². The molecule has 4 rings (SSSR count). The first-order valence-corrected chi connectivity index (χ1v) is 9.98. The Morgan fingerprint density at radius 2 is 1.85 bits per heavy atom. The van der Waals surface area contributed by atoms with Gasteiger partial charge >= 0.3 is 0 Å². The van der Waals surface area contributed by atoms with Crippen molar-refractivity contribution in [1.29, 1.82) is 0 Å². The molecule has 1 saturated heterocycles. The maximum absolute atomic E-state index is 12.6. The minimum Gasteiger partial charge on any atom is -0.356 e. The van der Waals surface area contributed by atoms with Gasteiger partial charge in [0.25, 0.3) is 0 Å². The van der Waals surface area contributed by atoms with Gasteiger partial charge in [-0.15, -0.1) is 0 Å². The number of halogens is 1. The zero-order chi connectivity index (χ0) is 18.3. The molecule has 1 amide bonds. The summed E-state index contributed by atoms with van der Waals surface area (Å²) in [5, 5.41) is 4.63. The topological polar surface area (TPSA) is 80.5 Å². The molecule has 2 heterocycles. The van der Waals surface area contributed by atoms with Gasteiger partial charge in [-0.05, 0) is 36.4 Å². The Hall–Kier alpha value is -2.38. The first-order chi connectivity index (χ1) is 12.4. The number of amides is 1. The van der Waals surface area contributed by atoms with E-state index in [2.05, 4.69) is 5.16 Å². The Kier molecular flexibility index (Phi) is 4.20. The minimum absolute atomic E-state index is 0.0880. The predicted octanol–water partition coefficient (Wildman–Crippen LogP) is 2.71. The summed E-state index contributed by atoms with van der Waals surface area (Å²) in [6.07, 6.45) is 0.0880. The Balaban J connectivity index is 1.42. The van der Waals surface area contributed by atoms with E-state index in [0.29, 0.717) is 16.3 Å². The summed E-state index contributed by atoms with van der Waals surface area (Å²) in [6, 6.07) is 13.4. The lowest BCUT2D eigenvalue weighted by Gasteiger charge is -2.38. The molecule has 0 spiro atoms. The largest absolute Gasteiger partial charge is 0.356 e. The van der Waals surface area contributed by atoms with Gasteiger partial charge in [0.15, 0.2) is 15.4 Å². The standard InChI is InChI=1S/C18H15ClN2O4S/c19-12-5-7-13(8-6-12)26(23,24)14-10-21(11-14)18(22)9-16-15-3-1-2-4-17(15)25-20-16/h1-8,14H,9-11H2. The van der Waals surface area contributed by atoms with Gasteiger partial charge in [-0.25, -0.2) is 8.42 Å². The molecular weight excluding hydrogens is 376 g/mol. The number of aromatic nitrogens is 1. The molecule has 1 aliphatic rings. The molecule has 0 aliphatic carbocycles. The summed E-state index contributed by atoms with van der Waals surface area (Å²) in [4.78, 5) is 14.2. The van der Waals surface area contributed by atoms with Crippen molar-refractivity contribution in [2.45, 2.75) is 16.6 Å². The number of para-hydroxylation sites is 1. The number of sulfone groups is 1. The van der Waals surface area contributed by atoms with Crippen LogP contribution in [0.1, 0.15) is 5.69 Å². The molecule has 26 heavy (non-hydrogen) atoms. The van der Waals surface area contributed by atoms with E-state index >= 15 is 0 Å². The Morgan fingerprint density at radius 3 is 2.58 bits per heavy atom. The van der Waals surface area contributed by atoms with Crippen molar-refractivity contribution in [3.8, 4) is 0 Å². The highest BCUT2D eigenvalue weighted by Crippen LogP contribution is 2.26. The van der Waals surface area contributed by atoms with Gasteiger partial charge in [0.1, 0.15) is 10.9 Å². The van der Waals surface area contributed by atoms with Crippen molar-refractivity contribution >= 4 is 38.3 Å². The number of fused-ring (bicyclic) bond motifs is 1. The number of rotatable bonds is 4. The average molecular weight is 391 g/mol. The molecule has 8 heteroatoms. The van der Waals surface area contributed by atoms with Crippen LogP contribution in [0.3, 0.4) is 0 Å². The summed E-state index contributed by atoms with van der Waals surface area (Å²) in [5.41, 5.74) is 1.19. The molecule has 0 N–H and O–H groups in total. The monoisotopic (exact) mass is 390 g/mol. The van der Waals surface area contributed by atoms with Crippen LogP contribution in [-0.4, -0.2) is 42.7 Å². The van der Waals surface area contributed by atoms with Crippen molar-refractivity contribution in [3.05, 3.63) is 59.2 Å². The number of benzene rings is 2. The van der Waals surface area contributed by atoms with Crippen LogP contribution in [0.2, 0.25) is 5.02 Å². The first-order valence-electron chi connectivity index (χ1n) is 8.05. The summed E-state index contributed by atoms with van der Waals surface area (Å²) >= 11 is 5.80. The molecule has 2 aromatic carbocycles. The quantitative estimate of drug-likeness (QED) is 0.684. The van der Waals surface area contributed by atoms with Crippen molar-refractivity contribution in [2.24, 2.45) is 0 Å². The third-order valence-corrected chi connectivity index (χ3v) is 6.91. The number of carbonyl (C=O) groups is 1. The molecular formula is C18H15ClN2O4S. The fraction of sp³-hybridized carbons (Fsp3) is 0.222. The van der Waals surface area contributed by atoms with Crippen LogP contribution in [0.4, 0.5) is 0 Å². The van der Waals surface area contributed by atoms with Gasteiger partial charge in [-0.2, -0.15) is 0 Å². The maximum Gasteiger partial charge on any atom is 0.228 e. The smallest absolute Gasteiger partial charge is 0.228 e. The number of carbonyl (C=O) groups excluding carboxylic acids is 1. The van der Waals surface area contributed by atoms with Crippen molar-refractivity contribution in [2.75, 3.05) is 13.1 Å². The minimum atomic E-state index is -3.47. The van der Waals surface area contributed by atoms with Crippen LogP contribution < -0.4 is 0 Å². The van der Waals surface area contributed by atoms with Gasteiger partial charge in [0.2, 0.25) is 5.91 Å². The predicted molar refractivity (Wildman–Crippen MR) is 96.7 cm³/mol. The van der Waals surface area contributed by atoms with E-state index in [1.807, 2.05) is 18.2 Å². The Morgan fingerprint density at radius 1 is 1.15 bits per heavy atom. The van der Waals surface area contributed by atoms with Gasteiger partial charge in [0, 0.05) is 23.5 Å². The molecule has 0 bridgehead atoms. The lowest BCUT2D eigenvalue weighted by Crippen LogP contribution is -2.57. The normalized spacial score (nSPS) is 15.2. The molecule has 1 aromatic heterocycles. The third kappa shape index (κ3) is 2.97. The number of hydrogen-bond donors (Lipinski definition) is 0. The van der Waals surface area contributed by atoms with E-state index in [9.17, 15) is 13.2 Å². The molecule has 0 unspecified atom stereocenters. The molecule has 1 fully saturated rings. The molecule has 0 saturated carbocycles. The average Bonchev–Trinajstić information content (AvgIpc) is 2.97. The lowest BCUT2D eigenvalue weighted by atomic mass is 10.1. The maximum atomic E-state index is 12.6. The second kappa shape index (κ2) is 6.41. The van der Waals surface area contributed by atoms with Crippen molar-refractivity contribution < 1.29 is 17.7 Å². The Labute approximate surface area is 155 Å². The molecule has 0 atom stereocenters.